The van der Waals surface area contributed by atoms with Crippen LogP contribution in [0.4, 0.5) is 0 Å². The maximum Gasteiger partial charge on any atom is 0.214 e. The lowest BCUT2D eigenvalue weighted by Gasteiger charge is -2.33. The minimum Gasteiger partial charge on any atom is -0.381 e. The molecule has 27 heavy (non-hydrogen) atoms. The maximum atomic E-state index is 12.3. The second kappa shape index (κ2) is 8.22. The van der Waals surface area contributed by atoms with Crippen LogP contribution in [0, 0.1) is 11.3 Å². The van der Waals surface area contributed by atoms with E-state index >= 15 is 0 Å². The van der Waals surface area contributed by atoms with Gasteiger partial charge in [-0.2, -0.15) is 5.26 Å². The van der Waals surface area contributed by atoms with Crippen LogP contribution in [0.3, 0.4) is 0 Å². The summed E-state index contributed by atoms with van der Waals surface area (Å²) in [6.07, 6.45) is 0.648. The molecule has 2 atom stereocenters. The SMILES string of the molecule is CC(C)S(=O)(=O)NC1CCOCC1c1ccc(-c2ccccc2C#N)cc1. The summed E-state index contributed by atoms with van der Waals surface area (Å²) in [5.74, 6) is -0.0347. The first kappa shape index (κ1) is 19.6. The largest absolute Gasteiger partial charge is 0.381 e. The van der Waals surface area contributed by atoms with Crippen LogP contribution in [0.25, 0.3) is 11.1 Å². The van der Waals surface area contributed by atoms with Crippen LogP contribution in [-0.2, 0) is 14.8 Å². The van der Waals surface area contributed by atoms with E-state index in [4.69, 9.17) is 4.74 Å². The van der Waals surface area contributed by atoms with Gasteiger partial charge >= 0.3 is 0 Å². The van der Waals surface area contributed by atoms with Gasteiger partial charge in [0.25, 0.3) is 0 Å². The van der Waals surface area contributed by atoms with E-state index in [-0.39, 0.29) is 12.0 Å². The molecule has 2 aromatic carbocycles. The highest BCUT2D eigenvalue weighted by atomic mass is 32.2. The molecule has 6 heteroatoms. The number of sulfonamides is 1. The molecule has 1 saturated heterocycles. The van der Waals surface area contributed by atoms with Gasteiger partial charge in [0.15, 0.2) is 0 Å². The Morgan fingerprint density at radius 3 is 2.52 bits per heavy atom. The highest BCUT2D eigenvalue weighted by Gasteiger charge is 2.31. The Morgan fingerprint density at radius 1 is 1.15 bits per heavy atom. The van der Waals surface area contributed by atoms with Crippen LogP contribution >= 0.6 is 0 Å². The van der Waals surface area contributed by atoms with Crippen molar-refractivity contribution >= 4 is 10.0 Å². The third-order valence-corrected chi connectivity index (χ3v) is 6.86. The van der Waals surface area contributed by atoms with Crippen molar-refractivity contribution in [3.63, 3.8) is 0 Å². The van der Waals surface area contributed by atoms with Gasteiger partial charge in [0.2, 0.25) is 10.0 Å². The van der Waals surface area contributed by atoms with E-state index in [2.05, 4.69) is 10.8 Å². The summed E-state index contributed by atoms with van der Waals surface area (Å²) in [6.45, 7) is 4.39. The summed E-state index contributed by atoms with van der Waals surface area (Å²) in [6, 6.07) is 17.5. The van der Waals surface area contributed by atoms with Crippen LogP contribution in [0.15, 0.2) is 48.5 Å². The first-order valence-electron chi connectivity index (χ1n) is 9.10. The molecule has 0 bridgehead atoms. The van der Waals surface area contributed by atoms with Crippen LogP contribution in [0.2, 0.25) is 0 Å². The van der Waals surface area contributed by atoms with Gasteiger partial charge in [-0.05, 0) is 43.0 Å². The molecular weight excluding hydrogens is 360 g/mol. The number of hydrogen-bond donors (Lipinski definition) is 1. The molecule has 0 amide bonds. The summed E-state index contributed by atoms with van der Waals surface area (Å²) in [5, 5.41) is 8.83. The first-order chi connectivity index (χ1) is 12.9. The second-order valence-corrected chi connectivity index (χ2v) is 9.34. The van der Waals surface area contributed by atoms with Gasteiger partial charge in [0.1, 0.15) is 0 Å². The molecule has 1 aliphatic rings. The molecule has 142 valence electrons. The quantitative estimate of drug-likeness (QED) is 0.857. The van der Waals surface area contributed by atoms with Crippen molar-refractivity contribution in [2.24, 2.45) is 0 Å². The predicted octanol–water partition coefficient (Wildman–Crippen LogP) is 3.43. The molecule has 1 heterocycles. The Hall–Kier alpha value is -2.20. The number of hydrogen-bond acceptors (Lipinski definition) is 4. The van der Waals surface area contributed by atoms with Crippen molar-refractivity contribution in [2.75, 3.05) is 13.2 Å². The van der Waals surface area contributed by atoms with Crippen molar-refractivity contribution in [1.82, 2.24) is 4.72 Å². The topological polar surface area (TPSA) is 79.2 Å². The minimum absolute atomic E-state index is 0.0347. The molecule has 3 rings (SSSR count). The molecule has 1 aliphatic heterocycles. The Labute approximate surface area is 161 Å². The molecule has 2 unspecified atom stereocenters. The van der Waals surface area contributed by atoms with E-state index in [0.29, 0.717) is 25.2 Å². The van der Waals surface area contributed by atoms with Crippen LogP contribution in [-0.4, -0.2) is 32.9 Å². The molecule has 1 N–H and O–H groups in total. The third kappa shape index (κ3) is 4.38. The zero-order valence-corrected chi connectivity index (χ0v) is 16.4. The standard InChI is InChI=1S/C21H24N2O3S/c1-15(2)27(24,25)23-21-11-12-26-14-20(21)17-9-7-16(8-10-17)19-6-4-3-5-18(19)13-22/h3-10,15,20-21,23H,11-12,14H2,1-2H3. The summed E-state index contributed by atoms with van der Waals surface area (Å²) in [4.78, 5) is 0. The summed E-state index contributed by atoms with van der Waals surface area (Å²) >= 11 is 0. The van der Waals surface area contributed by atoms with Crippen molar-refractivity contribution in [3.05, 3.63) is 59.7 Å². The molecule has 2 aromatic rings. The zero-order valence-electron chi connectivity index (χ0n) is 15.6. The monoisotopic (exact) mass is 384 g/mol. The second-order valence-electron chi connectivity index (χ2n) is 7.07. The van der Waals surface area contributed by atoms with E-state index in [1.807, 2.05) is 42.5 Å². The smallest absolute Gasteiger partial charge is 0.214 e. The van der Waals surface area contributed by atoms with Gasteiger partial charge < -0.3 is 4.74 Å². The average molecular weight is 385 g/mol. The molecule has 0 aromatic heterocycles. The molecule has 0 saturated carbocycles. The lowest BCUT2D eigenvalue weighted by Crippen LogP contribution is -2.46. The van der Waals surface area contributed by atoms with E-state index in [1.54, 1.807) is 19.9 Å². The number of ether oxygens (including phenoxy) is 1. The predicted molar refractivity (Wildman–Crippen MR) is 106 cm³/mol. The highest BCUT2D eigenvalue weighted by Crippen LogP contribution is 2.30. The van der Waals surface area contributed by atoms with Crippen molar-refractivity contribution in [2.45, 2.75) is 37.5 Å². The number of nitriles is 1. The van der Waals surface area contributed by atoms with Crippen LogP contribution in [0.1, 0.15) is 37.3 Å². The fourth-order valence-corrected chi connectivity index (χ4v) is 4.27. The molecule has 1 fully saturated rings. The summed E-state index contributed by atoms with van der Waals surface area (Å²) in [7, 11) is -3.34. The lowest BCUT2D eigenvalue weighted by atomic mass is 9.88. The third-order valence-electron chi connectivity index (χ3n) is 4.99. The molecule has 0 radical (unpaired) electrons. The minimum atomic E-state index is -3.34. The molecule has 5 nitrogen and oxygen atoms in total. The van der Waals surface area contributed by atoms with Gasteiger partial charge in [0, 0.05) is 18.6 Å². The Bertz CT molecular complexity index is 931. The molecule has 0 aliphatic carbocycles. The summed E-state index contributed by atoms with van der Waals surface area (Å²) in [5.41, 5.74) is 3.52. The zero-order chi connectivity index (χ0) is 19.4. The normalized spacial score (nSPS) is 20.4. The number of nitrogens with one attached hydrogen (secondary N) is 1. The van der Waals surface area contributed by atoms with E-state index in [0.717, 1.165) is 16.7 Å². The van der Waals surface area contributed by atoms with Crippen LogP contribution in [0.5, 0.6) is 0 Å². The van der Waals surface area contributed by atoms with Gasteiger partial charge in [-0.15, -0.1) is 0 Å². The van der Waals surface area contributed by atoms with E-state index < -0.39 is 15.3 Å². The Balaban J connectivity index is 1.85. The van der Waals surface area contributed by atoms with Crippen molar-refractivity contribution in [3.8, 4) is 17.2 Å². The van der Waals surface area contributed by atoms with Gasteiger partial charge in [0.05, 0.1) is 23.5 Å². The van der Waals surface area contributed by atoms with Gasteiger partial charge in [-0.1, -0.05) is 42.5 Å². The Morgan fingerprint density at radius 2 is 1.85 bits per heavy atom. The maximum absolute atomic E-state index is 12.3. The van der Waals surface area contributed by atoms with Gasteiger partial charge in [-0.3, -0.25) is 0 Å². The number of nitrogens with zero attached hydrogens (tertiary/aromatic N) is 1. The molecule has 0 spiro atoms. The molecular formula is C21H24N2O3S. The van der Waals surface area contributed by atoms with E-state index in [1.165, 1.54) is 0 Å². The summed E-state index contributed by atoms with van der Waals surface area (Å²) < 4.78 is 33.1. The highest BCUT2D eigenvalue weighted by molar-refractivity contribution is 7.90. The average Bonchev–Trinajstić information content (AvgIpc) is 2.68. The number of benzene rings is 2. The van der Waals surface area contributed by atoms with Crippen molar-refractivity contribution < 1.29 is 13.2 Å². The van der Waals surface area contributed by atoms with Crippen LogP contribution < -0.4 is 4.72 Å². The fourth-order valence-electron chi connectivity index (χ4n) is 3.30. The first-order valence-corrected chi connectivity index (χ1v) is 10.7. The van der Waals surface area contributed by atoms with Crippen molar-refractivity contribution in [1.29, 1.82) is 5.26 Å². The van der Waals surface area contributed by atoms with Gasteiger partial charge in [-0.25, -0.2) is 13.1 Å². The fraction of sp³-hybridized carbons (Fsp3) is 0.381. The Kier molecular flexibility index (Phi) is 5.95. The number of rotatable bonds is 5. The van der Waals surface area contributed by atoms with E-state index in [9.17, 15) is 13.7 Å². The lowest BCUT2D eigenvalue weighted by molar-refractivity contribution is 0.0653.